The van der Waals surface area contributed by atoms with Gasteiger partial charge in [0, 0.05) is 46.2 Å². The van der Waals surface area contributed by atoms with Gasteiger partial charge in [0.25, 0.3) is 0 Å². The van der Waals surface area contributed by atoms with Gasteiger partial charge in [-0.05, 0) is 70.1 Å². The minimum atomic E-state index is 0.544. The van der Waals surface area contributed by atoms with E-state index in [1.54, 1.807) is 0 Å². The van der Waals surface area contributed by atoms with Gasteiger partial charge in [-0.2, -0.15) is 0 Å². The molecule has 2 aromatic heterocycles. The Morgan fingerprint density at radius 2 is 2.03 bits per heavy atom. The lowest BCUT2D eigenvalue weighted by Crippen LogP contribution is -2.34. The molecule has 1 unspecified atom stereocenters. The number of fused-ring (bicyclic) bond motifs is 4. The molecule has 3 heterocycles. The van der Waals surface area contributed by atoms with Crippen molar-refractivity contribution in [3.05, 3.63) is 58.0 Å². The number of halogens is 1. The molecule has 2 aliphatic rings. The van der Waals surface area contributed by atoms with E-state index in [1.807, 2.05) is 31.3 Å². The monoisotopic (exact) mass is 464 g/mol. The number of nitrogens with one attached hydrogen (secondary N) is 2. The maximum absolute atomic E-state index is 6.21. The Balaban J connectivity index is 1.50. The van der Waals surface area contributed by atoms with Gasteiger partial charge in [0.2, 0.25) is 5.95 Å². The highest BCUT2D eigenvalue weighted by Gasteiger charge is 2.23. The first-order valence-electron chi connectivity index (χ1n) is 10.8. The number of aromatic nitrogens is 3. The summed E-state index contributed by atoms with van der Waals surface area (Å²) in [6.07, 6.45) is 5.61. The Morgan fingerprint density at radius 1 is 1.19 bits per heavy atom. The molecule has 0 amide bonds. The van der Waals surface area contributed by atoms with Gasteiger partial charge in [-0.15, -0.1) is 0 Å². The van der Waals surface area contributed by atoms with Crippen molar-refractivity contribution in [2.45, 2.75) is 38.6 Å². The second-order valence-corrected chi connectivity index (χ2v) is 9.62. The third kappa shape index (κ3) is 4.08. The van der Waals surface area contributed by atoms with Crippen molar-refractivity contribution in [1.82, 2.24) is 19.9 Å². The van der Waals surface area contributed by atoms with Crippen LogP contribution in [0.15, 0.2) is 30.5 Å². The second kappa shape index (κ2) is 8.39. The zero-order valence-corrected chi connectivity index (χ0v) is 19.9. The van der Waals surface area contributed by atoms with Gasteiger partial charge in [-0.1, -0.05) is 23.8 Å². The van der Waals surface area contributed by atoms with Crippen LogP contribution in [0.5, 0.6) is 0 Å². The van der Waals surface area contributed by atoms with Crippen molar-refractivity contribution in [2.24, 2.45) is 0 Å². The predicted molar refractivity (Wildman–Crippen MR) is 134 cm³/mol. The Kier molecular flexibility index (Phi) is 5.57. The molecule has 0 radical (unpaired) electrons. The third-order valence-corrected chi connectivity index (χ3v) is 6.74. The molecule has 2 N–H and O–H groups in total. The lowest BCUT2D eigenvalue weighted by Gasteiger charge is -2.30. The number of benzene rings is 1. The fourth-order valence-corrected chi connectivity index (χ4v) is 4.90. The van der Waals surface area contributed by atoms with Crippen LogP contribution in [0, 0.1) is 6.92 Å². The minimum absolute atomic E-state index is 0.544. The SMILES string of the molecule is Cc1nc2c(cc1Nc1ncc3c(n1)-c1ccc(Cl)cc1NC(=S)C3)CC(N(C)C)CC2. The molecule has 3 aromatic rings. The first-order chi connectivity index (χ1) is 15.4. The zero-order chi connectivity index (χ0) is 22.4. The second-order valence-electron chi connectivity index (χ2n) is 8.69. The zero-order valence-electron chi connectivity index (χ0n) is 18.4. The maximum Gasteiger partial charge on any atom is 0.227 e. The standard InChI is InChI=1S/C24H25ClN6S/c1-13-20(9-14-8-17(31(2)3)5-7-19(14)27-13)29-24-26-12-15-10-22(32)28-21-11-16(25)4-6-18(21)23(15)30-24/h4,6,9,11-12,17H,5,7-8,10H2,1-3H3,(H,28,32)(H,26,29,30). The Hall–Kier alpha value is -2.61. The van der Waals surface area contributed by atoms with E-state index in [4.69, 9.17) is 33.8 Å². The fourth-order valence-electron chi connectivity index (χ4n) is 4.46. The van der Waals surface area contributed by atoms with Crippen molar-refractivity contribution in [3.63, 3.8) is 0 Å². The molecule has 32 heavy (non-hydrogen) atoms. The Morgan fingerprint density at radius 3 is 2.84 bits per heavy atom. The van der Waals surface area contributed by atoms with Crippen LogP contribution in [0.1, 0.15) is 28.9 Å². The van der Waals surface area contributed by atoms with Crippen LogP contribution in [0.4, 0.5) is 17.3 Å². The van der Waals surface area contributed by atoms with E-state index >= 15 is 0 Å². The van der Waals surface area contributed by atoms with Gasteiger partial charge in [-0.25, -0.2) is 9.97 Å². The normalized spacial score (nSPS) is 17.2. The van der Waals surface area contributed by atoms with E-state index < -0.39 is 0 Å². The molecule has 164 valence electrons. The van der Waals surface area contributed by atoms with Gasteiger partial charge >= 0.3 is 0 Å². The lowest BCUT2D eigenvalue weighted by molar-refractivity contribution is 0.266. The van der Waals surface area contributed by atoms with Crippen LogP contribution in [-0.2, 0) is 19.3 Å². The number of rotatable bonds is 3. The maximum atomic E-state index is 6.21. The van der Waals surface area contributed by atoms with Crippen molar-refractivity contribution < 1.29 is 0 Å². The molecule has 5 rings (SSSR count). The van der Waals surface area contributed by atoms with Crippen LogP contribution >= 0.6 is 23.8 Å². The summed E-state index contributed by atoms with van der Waals surface area (Å²) in [6, 6.07) is 8.48. The number of aryl methyl sites for hydroxylation is 2. The predicted octanol–water partition coefficient (Wildman–Crippen LogP) is 4.96. The molecule has 8 heteroatoms. The molecule has 1 aliphatic heterocycles. The minimum Gasteiger partial charge on any atom is -0.349 e. The van der Waals surface area contributed by atoms with Gasteiger partial charge in [0.15, 0.2) is 0 Å². The Bertz CT molecular complexity index is 1230. The quantitative estimate of drug-likeness (QED) is 0.531. The first kappa shape index (κ1) is 21.2. The smallest absolute Gasteiger partial charge is 0.227 e. The summed E-state index contributed by atoms with van der Waals surface area (Å²) in [5, 5.41) is 7.35. The number of likely N-dealkylation sites (N-methyl/N-ethyl adjacent to an activating group) is 1. The van der Waals surface area contributed by atoms with Crippen molar-refractivity contribution in [3.8, 4) is 11.3 Å². The topological polar surface area (TPSA) is 66.0 Å². The number of hydrogen-bond acceptors (Lipinski definition) is 6. The number of anilines is 3. The molecule has 0 saturated carbocycles. The first-order valence-corrected chi connectivity index (χ1v) is 11.5. The van der Waals surface area contributed by atoms with E-state index in [-0.39, 0.29) is 0 Å². The van der Waals surface area contributed by atoms with Gasteiger partial charge < -0.3 is 15.5 Å². The molecule has 1 aliphatic carbocycles. The molecular formula is C24H25ClN6S. The third-order valence-electron chi connectivity index (χ3n) is 6.25. The molecule has 0 fully saturated rings. The summed E-state index contributed by atoms with van der Waals surface area (Å²) in [5.41, 5.74) is 8.09. The summed E-state index contributed by atoms with van der Waals surface area (Å²) in [5.74, 6) is 0.544. The summed E-state index contributed by atoms with van der Waals surface area (Å²) in [6.45, 7) is 2.03. The van der Waals surface area contributed by atoms with E-state index in [2.05, 4.69) is 40.7 Å². The van der Waals surface area contributed by atoms with Crippen LogP contribution in [0.2, 0.25) is 5.02 Å². The highest BCUT2D eigenvalue weighted by Crippen LogP contribution is 2.35. The molecule has 1 atom stereocenters. The van der Waals surface area contributed by atoms with Crippen LogP contribution < -0.4 is 10.6 Å². The van der Waals surface area contributed by atoms with Crippen LogP contribution in [0.3, 0.4) is 0 Å². The number of thiocarbonyl (C=S) groups is 1. The van der Waals surface area contributed by atoms with Crippen molar-refractivity contribution in [1.29, 1.82) is 0 Å². The summed E-state index contributed by atoms with van der Waals surface area (Å²) >= 11 is 11.7. The van der Waals surface area contributed by atoms with E-state index in [1.165, 1.54) is 11.3 Å². The van der Waals surface area contributed by atoms with E-state index in [0.29, 0.717) is 23.4 Å². The summed E-state index contributed by atoms with van der Waals surface area (Å²) < 4.78 is 0. The van der Waals surface area contributed by atoms with Gasteiger partial charge in [0.05, 0.1) is 22.1 Å². The molecule has 1 aromatic carbocycles. The fraction of sp³-hybridized carbons (Fsp3) is 0.333. The van der Waals surface area contributed by atoms with Crippen molar-refractivity contribution >= 4 is 46.1 Å². The van der Waals surface area contributed by atoms with Gasteiger partial charge in [-0.3, -0.25) is 4.98 Å². The molecule has 0 bridgehead atoms. The lowest BCUT2D eigenvalue weighted by atomic mass is 9.90. The number of pyridine rings is 1. The Labute approximate surface area is 198 Å². The average Bonchev–Trinajstić information content (AvgIpc) is 2.88. The van der Waals surface area contributed by atoms with Crippen LogP contribution in [0.25, 0.3) is 11.3 Å². The number of hydrogen-bond donors (Lipinski definition) is 2. The largest absolute Gasteiger partial charge is 0.349 e. The summed E-state index contributed by atoms with van der Waals surface area (Å²) in [4.78, 5) is 17.4. The van der Waals surface area contributed by atoms with Crippen LogP contribution in [-0.4, -0.2) is 45.0 Å². The van der Waals surface area contributed by atoms with E-state index in [0.717, 1.165) is 58.1 Å². The average molecular weight is 465 g/mol. The summed E-state index contributed by atoms with van der Waals surface area (Å²) in [7, 11) is 4.29. The van der Waals surface area contributed by atoms with Gasteiger partial charge in [0.1, 0.15) is 0 Å². The molecular weight excluding hydrogens is 440 g/mol. The van der Waals surface area contributed by atoms with Crippen molar-refractivity contribution in [2.75, 3.05) is 24.7 Å². The molecule has 0 saturated heterocycles. The molecule has 0 spiro atoms. The highest BCUT2D eigenvalue weighted by atomic mass is 35.5. The highest BCUT2D eigenvalue weighted by molar-refractivity contribution is 7.80. The number of nitrogens with zero attached hydrogens (tertiary/aromatic N) is 4. The molecule has 6 nitrogen and oxygen atoms in total. The van der Waals surface area contributed by atoms with E-state index in [9.17, 15) is 0 Å².